The molecule has 0 bridgehead atoms. The number of carbonyl (C=O) groups is 1. The fourth-order valence-electron chi connectivity index (χ4n) is 3.47. The summed E-state index contributed by atoms with van der Waals surface area (Å²) in [6.07, 6.45) is 0.837. The Morgan fingerprint density at radius 1 is 1.00 bits per heavy atom. The van der Waals surface area contributed by atoms with Gasteiger partial charge in [-0.25, -0.2) is 4.79 Å². The van der Waals surface area contributed by atoms with Crippen molar-refractivity contribution >= 4 is 11.7 Å². The second kappa shape index (κ2) is 5.59. The molecule has 2 aromatic carbocycles. The molecule has 2 heterocycles. The molecular formula is C18H19N3O2. The van der Waals surface area contributed by atoms with Gasteiger partial charge in [0.25, 0.3) is 0 Å². The Morgan fingerprint density at radius 2 is 1.74 bits per heavy atom. The molecule has 1 atom stereocenters. The van der Waals surface area contributed by atoms with Gasteiger partial charge >= 0.3 is 6.03 Å². The highest BCUT2D eigenvalue weighted by Gasteiger charge is 2.48. The van der Waals surface area contributed by atoms with Crippen LogP contribution in [0.4, 0.5) is 10.5 Å². The molecule has 0 aromatic heterocycles. The lowest BCUT2D eigenvalue weighted by Gasteiger charge is -2.29. The van der Waals surface area contributed by atoms with E-state index in [1.165, 1.54) is 0 Å². The van der Waals surface area contributed by atoms with E-state index in [0.717, 1.165) is 36.5 Å². The number of amides is 2. The fourth-order valence-corrected chi connectivity index (χ4v) is 3.47. The van der Waals surface area contributed by atoms with Gasteiger partial charge in [-0.3, -0.25) is 9.91 Å². The van der Waals surface area contributed by atoms with Crippen molar-refractivity contribution in [3.8, 4) is 5.75 Å². The molecule has 2 aliphatic heterocycles. The molecule has 4 rings (SSSR count). The average Bonchev–Trinajstić information content (AvgIpc) is 3.18. The third-order valence-electron chi connectivity index (χ3n) is 4.47. The monoisotopic (exact) mass is 309 g/mol. The molecule has 118 valence electrons. The van der Waals surface area contributed by atoms with Crippen LogP contribution in [0.5, 0.6) is 5.75 Å². The lowest BCUT2D eigenvalue weighted by Crippen LogP contribution is -2.32. The van der Waals surface area contributed by atoms with Crippen molar-refractivity contribution in [2.24, 2.45) is 0 Å². The van der Waals surface area contributed by atoms with E-state index in [2.05, 4.69) is 5.01 Å². The second-order valence-electron chi connectivity index (χ2n) is 5.74. The molecule has 0 radical (unpaired) electrons. The number of methoxy groups -OCH3 is 1. The Balaban J connectivity index is 1.84. The zero-order chi connectivity index (χ0) is 15.8. The number of para-hydroxylation sites is 2. The number of nitrogens with zero attached hydrogens (tertiary/aromatic N) is 3. The smallest absolute Gasteiger partial charge is 0.340 e. The Morgan fingerprint density at radius 3 is 2.52 bits per heavy atom. The predicted octanol–water partition coefficient (Wildman–Crippen LogP) is 3.26. The number of carbonyl (C=O) groups excluding carboxylic acids is 1. The van der Waals surface area contributed by atoms with Crippen molar-refractivity contribution in [1.82, 2.24) is 10.0 Å². The van der Waals surface area contributed by atoms with Crippen molar-refractivity contribution in [1.29, 1.82) is 0 Å². The lowest BCUT2D eigenvalue weighted by molar-refractivity contribution is 0.0718. The van der Waals surface area contributed by atoms with E-state index in [1.807, 2.05) is 64.5 Å². The van der Waals surface area contributed by atoms with Crippen molar-refractivity contribution in [2.75, 3.05) is 25.1 Å². The zero-order valence-electron chi connectivity index (χ0n) is 13.1. The van der Waals surface area contributed by atoms with Crippen LogP contribution >= 0.6 is 0 Å². The zero-order valence-corrected chi connectivity index (χ0v) is 13.1. The summed E-state index contributed by atoms with van der Waals surface area (Å²) in [5, 5.41) is 4.00. The largest absolute Gasteiger partial charge is 0.496 e. The SMILES string of the molecule is COc1ccccc1C1N(c2ccccc2)C(=O)N2CCCN12. The van der Waals surface area contributed by atoms with E-state index in [-0.39, 0.29) is 12.2 Å². The van der Waals surface area contributed by atoms with Gasteiger partial charge in [0.2, 0.25) is 0 Å². The molecule has 1 unspecified atom stereocenters. The average molecular weight is 309 g/mol. The minimum atomic E-state index is -0.163. The van der Waals surface area contributed by atoms with Gasteiger partial charge in [0.15, 0.2) is 0 Å². The van der Waals surface area contributed by atoms with Crippen LogP contribution in [-0.2, 0) is 0 Å². The van der Waals surface area contributed by atoms with Crippen LogP contribution in [0.1, 0.15) is 18.2 Å². The van der Waals surface area contributed by atoms with Crippen LogP contribution in [0.15, 0.2) is 54.6 Å². The number of hydrazine groups is 1. The first-order valence-corrected chi connectivity index (χ1v) is 7.86. The molecule has 0 N–H and O–H groups in total. The number of rotatable bonds is 3. The van der Waals surface area contributed by atoms with Gasteiger partial charge in [0.05, 0.1) is 7.11 Å². The third kappa shape index (κ3) is 2.16. The van der Waals surface area contributed by atoms with E-state index in [4.69, 9.17) is 4.74 Å². The molecule has 0 spiro atoms. The number of fused-ring (bicyclic) bond motifs is 1. The minimum Gasteiger partial charge on any atom is -0.496 e. The minimum absolute atomic E-state index is 0.0320. The van der Waals surface area contributed by atoms with Gasteiger partial charge in [-0.05, 0) is 24.6 Å². The summed E-state index contributed by atoms with van der Waals surface area (Å²) in [5.74, 6) is 0.806. The topological polar surface area (TPSA) is 36.0 Å². The summed E-state index contributed by atoms with van der Waals surface area (Å²) in [5.41, 5.74) is 1.92. The van der Waals surface area contributed by atoms with Crippen LogP contribution in [0.25, 0.3) is 0 Å². The molecular weight excluding hydrogens is 290 g/mol. The standard InChI is InChI=1S/C18H19N3O2/c1-23-16-11-6-5-10-15(16)17-19-12-7-13-20(19)18(22)21(17)14-8-3-2-4-9-14/h2-6,8-11,17H,7,12-13H2,1H3. The number of ether oxygens (including phenoxy) is 1. The van der Waals surface area contributed by atoms with Crippen molar-refractivity contribution < 1.29 is 9.53 Å². The molecule has 5 heteroatoms. The van der Waals surface area contributed by atoms with Crippen molar-refractivity contribution in [2.45, 2.75) is 12.6 Å². The maximum Gasteiger partial charge on any atom is 0.340 e. The van der Waals surface area contributed by atoms with Crippen LogP contribution in [0, 0.1) is 0 Å². The summed E-state index contributed by atoms with van der Waals surface area (Å²) in [6.45, 7) is 1.64. The highest BCUT2D eigenvalue weighted by molar-refractivity contribution is 5.94. The first kappa shape index (κ1) is 14.1. The summed E-state index contributed by atoms with van der Waals surface area (Å²) in [4.78, 5) is 14.8. The molecule has 2 fully saturated rings. The maximum absolute atomic E-state index is 12.9. The normalized spacial score (nSPS) is 20.9. The highest BCUT2D eigenvalue weighted by Crippen LogP contribution is 2.42. The molecule has 0 saturated carbocycles. The van der Waals surface area contributed by atoms with Gasteiger partial charge in [-0.1, -0.05) is 36.4 Å². The Hall–Kier alpha value is -2.53. The lowest BCUT2D eigenvalue weighted by atomic mass is 10.1. The van der Waals surface area contributed by atoms with Crippen molar-refractivity contribution in [3.05, 3.63) is 60.2 Å². The third-order valence-corrected chi connectivity index (χ3v) is 4.47. The molecule has 0 aliphatic carbocycles. The van der Waals surface area contributed by atoms with Crippen LogP contribution < -0.4 is 9.64 Å². The second-order valence-corrected chi connectivity index (χ2v) is 5.74. The number of urea groups is 1. The molecule has 23 heavy (non-hydrogen) atoms. The number of hydrogen-bond acceptors (Lipinski definition) is 3. The Bertz CT molecular complexity index is 719. The predicted molar refractivity (Wildman–Crippen MR) is 88.1 cm³/mol. The van der Waals surface area contributed by atoms with Gasteiger partial charge in [0, 0.05) is 24.3 Å². The summed E-state index contributed by atoms with van der Waals surface area (Å²) in [6, 6.07) is 17.8. The summed E-state index contributed by atoms with van der Waals surface area (Å²) < 4.78 is 5.54. The summed E-state index contributed by atoms with van der Waals surface area (Å²) in [7, 11) is 1.67. The summed E-state index contributed by atoms with van der Waals surface area (Å²) >= 11 is 0. The maximum atomic E-state index is 12.9. The van der Waals surface area contributed by atoms with E-state index >= 15 is 0 Å². The number of benzene rings is 2. The quantitative estimate of drug-likeness (QED) is 0.873. The number of anilines is 1. The van der Waals surface area contributed by atoms with Crippen LogP contribution in [0.2, 0.25) is 0 Å². The number of hydrogen-bond donors (Lipinski definition) is 0. The van der Waals surface area contributed by atoms with Gasteiger partial charge in [-0.2, -0.15) is 5.01 Å². The van der Waals surface area contributed by atoms with E-state index in [0.29, 0.717) is 0 Å². The van der Waals surface area contributed by atoms with Crippen molar-refractivity contribution in [3.63, 3.8) is 0 Å². The molecule has 5 nitrogen and oxygen atoms in total. The van der Waals surface area contributed by atoms with E-state index < -0.39 is 0 Å². The molecule has 2 amide bonds. The first-order valence-electron chi connectivity index (χ1n) is 7.86. The fraction of sp³-hybridized carbons (Fsp3) is 0.278. The van der Waals surface area contributed by atoms with E-state index in [1.54, 1.807) is 7.11 Å². The Labute approximate surface area is 135 Å². The highest BCUT2D eigenvalue weighted by atomic mass is 16.5. The first-order chi connectivity index (χ1) is 11.3. The van der Waals surface area contributed by atoms with E-state index in [9.17, 15) is 4.79 Å². The van der Waals surface area contributed by atoms with Gasteiger partial charge < -0.3 is 4.74 Å². The van der Waals surface area contributed by atoms with Gasteiger partial charge in [-0.15, -0.1) is 0 Å². The van der Waals surface area contributed by atoms with Gasteiger partial charge in [0.1, 0.15) is 11.9 Å². The molecule has 2 aromatic rings. The molecule has 2 saturated heterocycles. The van der Waals surface area contributed by atoms with Crippen LogP contribution in [-0.4, -0.2) is 36.2 Å². The van der Waals surface area contributed by atoms with Crippen LogP contribution in [0.3, 0.4) is 0 Å². The Kier molecular flexibility index (Phi) is 3.42. The molecule has 2 aliphatic rings.